The van der Waals surface area contributed by atoms with Gasteiger partial charge in [0.1, 0.15) is 0 Å². The molecule has 8 nitrogen and oxygen atoms in total. The highest BCUT2D eigenvalue weighted by atomic mass is 35.5. The molecule has 10 heteroatoms. The molecular weight excluding hydrogens is 346 g/mol. The van der Waals surface area contributed by atoms with Gasteiger partial charge in [0.25, 0.3) is 5.69 Å². The first-order valence-corrected chi connectivity index (χ1v) is 9.05. The molecule has 0 aliphatic heterocycles. The van der Waals surface area contributed by atoms with Gasteiger partial charge in [-0.15, -0.1) is 11.6 Å². The van der Waals surface area contributed by atoms with E-state index in [1.54, 1.807) is 0 Å². The molecule has 1 saturated carbocycles. The summed E-state index contributed by atoms with van der Waals surface area (Å²) < 4.78 is 27.1. The van der Waals surface area contributed by atoms with Crippen molar-refractivity contribution < 1.29 is 18.4 Å². The maximum Gasteiger partial charge on any atom is 0.275 e. The first-order chi connectivity index (χ1) is 10.7. The van der Waals surface area contributed by atoms with E-state index in [2.05, 4.69) is 10.0 Å². The highest BCUT2D eigenvalue weighted by molar-refractivity contribution is 7.89. The van der Waals surface area contributed by atoms with Crippen molar-refractivity contribution in [3.8, 4) is 0 Å². The number of aliphatic hydroxyl groups is 1. The summed E-state index contributed by atoms with van der Waals surface area (Å²) in [6.07, 6.45) is 0.681. The fraction of sp³-hybridized carbons (Fsp3) is 0.538. The van der Waals surface area contributed by atoms with Gasteiger partial charge < -0.3 is 10.4 Å². The van der Waals surface area contributed by atoms with Gasteiger partial charge >= 0.3 is 0 Å². The number of benzene rings is 1. The van der Waals surface area contributed by atoms with E-state index in [0.29, 0.717) is 5.56 Å². The molecule has 0 heterocycles. The number of rotatable bonds is 8. The second-order valence-corrected chi connectivity index (χ2v) is 7.48. The lowest BCUT2D eigenvalue weighted by Crippen LogP contribution is -2.26. The van der Waals surface area contributed by atoms with Gasteiger partial charge in [-0.25, -0.2) is 13.1 Å². The number of aliphatic hydroxyl groups excluding tert-OH is 1. The Hall–Kier alpha value is -1.42. The van der Waals surface area contributed by atoms with Gasteiger partial charge in [-0.1, -0.05) is 0 Å². The lowest BCUT2D eigenvalue weighted by molar-refractivity contribution is -0.385. The Morgan fingerprint density at radius 3 is 2.65 bits per heavy atom. The molecule has 0 bridgehead atoms. The molecule has 1 unspecified atom stereocenters. The van der Waals surface area contributed by atoms with E-state index in [-0.39, 0.29) is 34.7 Å². The summed E-state index contributed by atoms with van der Waals surface area (Å²) >= 11 is 5.50. The van der Waals surface area contributed by atoms with Crippen molar-refractivity contribution >= 4 is 33.0 Å². The van der Waals surface area contributed by atoms with E-state index in [4.69, 9.17) is 11.6 Å². The lowest BCUT2D eigenvalue weighted by Gasteiger charge is -2.14. The topological polar surface area (TPSA) is 122 Å². The molecule has 1 atom stereocenters. The fourth-order valence-corrected chi connectivity index (χ4v) is 3.43. The van der Waals surface area contributed by atoms with Crippen molar-refractivity contribution in [2.45, 2.75) is 36.8 Å². The van der Waals surface area contributed by atoms with Crippen LogP contribution >= 0.6 is 11.6 Å². The van der Waals surface area contributed by atoms with Crippen molar-refractivity contribution in [1.82, 2.24) is 4.72 Å². The van der Waals surface area contributed by atoms with Gasteiger partial charge in [0.05, 0.1) is 21.8 Å². The molecule has 1 aliphatic rings. The first-order valence-electron chi connectivity index (χ1n) is 7.04. The predicted octanol–water partition coefficient (Wildman–Crippen LogP) is 1.36. The van der Waals surface area contributed by atoms with Crippen LogP contribution in [0, 0.1) is 17.0 Å². The van der Waals surface area contributed by atoms with E-state index in [1.807, 2.05) is 0 Å². The smallest absolute Gasteiger partial charge is 0.275 e. The number of alkyl halides is 1. The van der Waals surface area contributed by atoms with Crippen LogP contribution in [-0.4, -0.2) is 43.0 Å². The molecule has 3 N–H and O–H groups in total. The van der Waals surface area contributed by atoms with E-state index in [9.17, 15) is 23.6 Å². The average Bonchev–Trinajstić information content (AvgIpc) is 3.28. The third kappa shape index (κ3) is 4.54. The molecule has 1 fully saturated rings. The highest BCUT2D eigenvalue weighted by Gasteiger charge is 2.30. The van der Waals surface area contributed by atoms with Crippen LogP contribution in [-0.2, 0) is 10.0 Å². The van der Waals surface area contributed by atoms with Crippen molar-refractivity contribution in [1.29, 1.82) is 0 Å². The summed E-state index contributed by atoms with van der Waals surface area (Å²) in [5, 5.41) is 23.5. The summed E-state index contributed by atoms with van der Waals surface area (Å²) in [5.41, 5.74) is 0.271. The Labute approximate surface area is 139 Å². The number of nitrogens with one attached hydrogen (secondary N) is 2. The maximum atomic E-state index is 12.3. The molecule has 1 aromatic rings. The Morgan fingerprint density at radius 1 is 1.48 bits per heavy atom. The van der Waals surface area contributed by atoms with Crippen molar-refractivity contribution in [3.63, 3.8) is 0 Å². The van der Waals surface area contributed by atoms with Crippen LogP contribution in [0.4, 0.5) is 11.4 Å². The van der Waals surface area contributed by atoms with Crippen LogP contribution < -0.4 is 10.0 Å². The van der Waals surface area contributed by atoms with E-state index < -0.39 is 21.1 Å². The summed E-state index contributed by atoms with van der Waals surface area (Å²) in [6, 6.07) is 2.27. The molecule has 23 heavy (non-hydrogen) atoms. The largest absolute Gasteiger partial charge is 0.390 e. The molecule has 0 radical (unpaired) electrons. The third-order valence-corrected chi connectivity index (χ3v) is 5.32. The SMILES string of the molecule is Cc1c(NCC(O)CCl)cc(S(=O)(=O)NC2CC2)cc1[N+](=O)[O-]. The number of nitro benzene ring substituents is 1. The van der Waals surface area contributed by atoms with Crippen molar-refractivity contribution in [2.75, 3.05) is 17.7 Å². The Morgan fingerprint density at radius 2 is 2.13 bits per heavy atom. The summed E-state index contributed by atoms with van der Waals surface area (Å²) in [6.45, 7) is 1.57. The number of hydrogen-bond acceptors (Lipinski definition) is 6. The normalized spacial score (nSPS) is 16.1. The quantitative estimate of drug-likeness (QED) is 0.364. The zero-order valence-electron chi connectivity index (χ0n) is 12.5. The Kier molecular flexibility index (Phi) is 5.45. The first kappa shape index (κ1) is 17.9. The molecular formula is C13H18ClN3O5S. The molecule has 0 amide bonds. The number of nitrogens with zero attached hydrogens (tertiary/aromatic N) is 1. The zero-order valence-corrected chi connectivity index (χ0v) is 14.0. The summed E-state index contributed by atoms with van der Waals surface area (Å²) in [5.74, 6) is -0.00460. The molecule has 1 aromatic carbocycles. The number of halogens is 1. The monoisotopic (exact) mass is 363 g/mol. The van der Waals surface area contributed by atoms with Gasteiger partial charge in [-0.3, -0.25) is 10.1 Å². The van der Waals surface area contributed by atoms with E-state index in [0.717, 1.165) is 18.9 Å². The molecule has 0 aromatic heterocycles. The minimum absolute atomic E-state index is 0.00460. The molecule has 0 spiro atoms. The predicted molar refractivity (Wildman–Crippen MR) is 86.4 cm³/mol. The van der Waals surface area contributed by atoms with Crippen LogP contribution in [0.2, 0.25) is 0 Å². The van der Waals surface area contributed by atoms with Gasteiger partial charge in [0, 0.05) is 29.9 Å². The second-order valence-electron chi connectivity index (χ2n) is 5.46. The fourth-order valence-electron chi connectivity index (χ4n) is 1.97. The highest BCUT2D eigenvalue weighted by Crippen LogP contribution is 2.31. The van der Waals surface area contributed by atoms with Crippen LogP contribution in [0.1, 0.15) is 18.4 Å². The van der Waals surface area contributed by atoms with Crippen LogP contribution in [0.15, 0.2) is 17.0 Å². The molecule has 128 valence electrons. The van der Waals surface area contributed by atoms with Crippen LogP contribution in [0.5, 0.6) is 0 Å². The number of hydrogen-bond donors (Lipinski definition) is 3. The number of nitro groups is 1. The summed E-state index contributed by atoms with van der Waals surface area (Å²) in [7, 11) is -3.82. The zero-order chi connectivity index (χ0) is 17.2. The molecule has 1 aliphatic carbocycles. The molecule has 2 rings (SSSR count). The number of sulfonamides is 1. The van der Waals surface area contributed by atoms with Gasteiger partial charge in [0.15, 0.2) is 0 Å². The van der Waals surface area contributed by atoms with E-state index in [1.165, 1.54) is 13.0 Å². The second kappa shape index (κ2) is 7.00. The van der Waals surface area contributed by atoms with E-state index >= 15 is 0 Å². The standard InChI is InChI=1S/C13H18ClN3O5S/c1-8-12(15-7-10(18)6-14)4-11(5-13(8)17(19)20)23(21,22)16-9-2-3-9/h4-5,9-10,15-16,18H,2-3,6-7H2,1H3. The van der Waals surface area contributed by atoms with Crippen molar-refractivity contribution in [2.24, 2.45) is 0 Å². The van der Waals surface area contributed by atoms with Crippen LogP contribution in [0.25, 0.3) is 0 Å². The van der Waals surface area contributed by atoms with Gasteiger partial charge in [0.2, 0.25) is 10.0 Å². The van der Waals surface area contributed by atoms with Crippen LogP contribution in [0.3, 0.4) is 0 Å². The minimum Gasteiger partial charge on any atom is -0.390 e. The number of anilines is 1. The van der Waals surface area contributed by atoms with Gasteiger partial charge in [-0.2, -0.15) is 0 Å². The third-order valence-electron chi connectivity index (χ3n) is 3.47. The molecule has 0 saturated heterocycles. The minimum atomic E-state index is -3.82. The lowest BCUT2D eigenvalue weighted by atomic mass is 10.1. The summed E-state index contributed by atoms with van der Waals surface area (Å²) in [4.78, 5) is 10.4. The van der Waals surface area contributed by atoms with Crippen molar-refractivity contribution in [3.05, 3.63) is 27.8 Å². The maximum absolute atomic E-state index is 12.3. The Bertz CT molecular complexity index is 706. The average molecular weight is 364 g/mol. The van der Waals surface area contributed by atoms with Gasteiger partial charge in [-0.05, 0) is 25.8 Å². The Balaban J connectivity index is 2.38.